The number of rotatable bonds is 7. The second-order valence-corrected chi connectivity index (χ2v) is 6.77. The van der Waals surface area contributed by atoms with Gasteiger partial charge in [-0.05, 0) is 49.2 Å². The van der Waals surface area contributed by atoms with Gasteiger partial charge >= 0.3 is 0 Å². The largest absolute Gasteiger partial charge is 0.370 e. The van der Waals surface area contributed by atoms with Crippen molar-refractivity contribution in [2.75, 3.05) is 56.5 Å². The molecular weight excluding hydrogens is 355 g/mol. The van der Waals surface area contributed by atoms with Gasteiger partial charge in [0, 0.05) is 58.2 Å². The molecule has 0 saturated carbocycles. The molecule has 1 aliphatic heterocycles. The summed E-state index contributed by atoms with van der Waals surface area (Å²) in [6.45, 7) is 5.42. The Morgan fingerprint density at radius 1 is 1.04 bits per heavy atom. The molecule has 2 aromatic rings. The van der Waals surface area contributed by atoms with E-state index in [-0.39, 0.29) is 5.82 Å². The lowest BCUT2D eigenvalue weighted by Crippen LogP contribution is -2.52. The van der Waals surface area contributed by atoms with E-state index in [1.807, 2.05) is 37.4 Å². The maximum atomic E-state index is 13.1. The van der Waals surface area contributed by atoms with E-state index in [0.717, 1.165) is 69.6 Å². The fraction of sp³-hybridized carbons (Fsp3) is 0.429. The third-order valence-electron chi connectivity index (χ3n) is 4.84. The summed E-state index contributed by atoms with van der Waals surface area (Å²) in [4.78, 5) is 13.2. The molecule has 2 N–H and O–H groups in total. The first-order chi connectivity index (χ1) is 13.8. The van der Waals surface area contributed by atoms with Crippen molar-refractivity contribution in [2.24, 2.45) is 4.99 Å². The number of guanidine groups is 1. The lowest BCUT2D eigenvalue weighted by Gasteiger charge is -2.37. The van der Waals surface area contributed by atoms with Crippen LogP contribution in [-0.2, 0) is 0 Å². The Balaban J connectivity index is 1.34. The minimum absolute atomic E-state index is 0.192. The van der Waals surface area contributed by atoms with Crippen molar-refractivity contribution in [3.05, 3.63) is 54.5 Å². The second kappa shape index (κ2) is 10.5. The number of nitrogens with one attached hydrogen (secondary N) is 2. The minimum atomic E-state index is -0.192. The number of hydrogen-bond acceptors (Lipinski definition) is 4. The molecule has 0 aliphatic carbocycles. The van der Waals surface area contributed by atoms with Gasteiger partial charge in [-0.1, -0.05) is 6.07 Å². The van der Waals surface area contributed by atoms with Gasteiger partial charge in [-0.25, -0.2) is 9.37 Å². The van der Waals surface area contributed by atoms with Crippen LogP contribution >= 0.6 is 0 Å². The van der Waals surface area contributed by atoms with Gasteiger partial charge in [-0.3, -0.25) is 4.99 Å². The van der Waals surface area contributed by atoms with Crippen molar-refractivity contribution in [1.82, 2.24) is 15.2 Å². The van der Waals surface area contributed by atoms with Crippen molar-refractivity contribution in [3.63, 3.8) is 0 Å². The van der Waals surface area contributed by atoms with E-state index in [2.05, 4.69) is 30.4 Å². The summed E-state index contributed by atoms with van der Waals surface area (Å²) in [6.07, 6.45) is 3.93. The first kappa shape index (κ1) is 19.9. The molecule has 0 amide bonds. The summed E-state index contributed by atoms with van der Waals surface area (Å²) in [5.41, 5.74) is 1.07. The summed E-state index contributed by atoms with van der Waals surface area (Å²) in [7, 11) is 1.83. The third-order valence-corrected chi connectivity index (χ3v) is 4.84. The Kier molecular flexibility index (Phi) is 7.46. The molecule has 0 bridgehead atoms. The van der Waals surface area contributed by atoms with Crippen LogP contribution in [0, 0.1) is 5.82 Å². The van der Waals surface area contributed by atoms with E-state index < -0.39 is 0 Å². The molecular formula is C21H29FN6. The first-order valence-electron chi connectivity index (χ1n) is 9.87. The molecule has 3 rings (SSSR count). The number of piperazine rings is 1. The van der Waals surface area contributed by atoms with E-state index in [0.29, 0.717) is 0 Å². The van der Waals surface area contributed by atoms with Crippen LogP contribution in [0.5, 0.6) is 0 Å². The summed E-state index contributed by atoms with van der Waals surface area (Å²) in [5.74, 6) is 1.68. The van der Waals surface area contributed by atoms with Crippen molar-refractivity contribution in [3.8, 4) is 0 Å². The van der Waals surface area contributed by atoms with Crippen molar-refractivity contribution < 1.29 is 4.39 Å². The zero-order chi connectivity index (χ0) is 19.6. The molecule has 1 saturated heterocycles. The fourth-order valence-electron chi connectivity index (χ4n) is 3.29. The number of unbranched alkanes of at least 4 members (excludes halogenated alkanes) is 1. The summed E-state index contributed by atoms with van der Waals surface area (Å²) < 4.78 is 13.1. The highest BCUT2D eigenvalue weighted by molar-refractivity contribution is 5.80. The molecule has 1 aliphatic rings. The number of nitrogens with zero attached hydrogens (tertiary/aromatic N) is 4. The highest BCUT2D eigenvalue weighted by Gasteiger charge is 2.19. The third kappa shape index (κ3) is 5.84. The van der Waals surface area contributed by atoms with E-state index in [1.165, 1.54) is 12.1 Å². The SMILES string of the molecule is CN=C(NCCCCNc1ccccn1)N1CCN(c2ccc(F)cc2)CC1. The summed E-state index contributed by atoms with van der Waals surface area (Å²) in [5, 5.41) is 6.79. The smallest absolute Gasteiger partial charge is 0.193 e. The Hall–Kier alpha value is -2.83. The van der Waals surface area contributed by atoms with Gasteiger partial charge in [-0.15, -0.1) is 0 Å². The van der Waals surface area contributed by atoms with Gasteiger partial charge in [0.2, 0.25) is 0 Å². The summed E-state index contributed by atoms with van der Waals surface area (Å²) in [6, 6.07) is 12.6. The Morgan fingerprint density at radius 3 is 2.46 bits per heavy atom. The maximum Gasteiger partial charge on any atom is 0.193 e. The van der Waals surface area contributed by atoms with Crippen LogP contribution in [0.4, 0.5) is 15.9 Å². The van der Waals surface area contributed by atoms with E-state index in [9.17, 15) is 4.39 Å². The Morgan fingerprint density at radius 2 is 1.79 bits per heavy atom. The molecule has 0 radical (unpaired) electrons. The normalized spacial score (nSPS) is 14.9. The Bertz CT molecular complexity index is 726. The van der Waals surface area contributed by atoms with Crippen LogP contribution in [0.1, 0.15) is 12.8 Å². The highest BCUT2D eigenvalue weighted by atomic mass is 19.1. The molecule has 0 spiro atoms. The zero-order valence-electron chi connectivity index (χ0n) is 16.4. The van der Waals surface area contributed by atoms with Crippen LogP contribution in [-0.4, -0.2) is 62.2 Å². The predicted molar refractivity (Wildman–Crippen MR) is 114 cm³/mol. The number of halogens is 1. The van der Waals surface area contributed by atoms with Gasteiger partial charge < -0.3 is 20.4 Å². The molecule has 0 unspecified atom stereocenters. The van der Waals surface area contributed by atoms with Crippen LogP contribution in [0.2, 0.25) is 0 Å². The molecule has 1 aromatic heterocycles. The van der Waals surface area contributed by atoms with Crippen molar-refractivity contribution in [1.29, 1.82) is 0 Å². The molecule has 28 heavy (non-hydrogen) atoms. The van der Waals surface area contributed by atoms with Crippen molar-refractivity contribution >= 4 is 17.5 Å². The van der Waals surface area contributed by atoms with Gasteiger partial charge in [0.1, 0.15) is 11.6 Å². The monoisotopic (exact) mass is 384 g/mol. The van der Waals surface area contributed by atoms with Crippen LogP contribution in [0.25, 0.3) is 0 Å². The van der Waals surface area contributed by atoms with Crippen molar-refractivity contribution in [2.45, 2.75) is 12.8 Å². The van der Waals surface area contributed by atoms with Gasteiger partial charge in [0.25, 0.3) is 0 Å². The van der Waals surface area contributed by atoms with Crippen LogP contribution < -0.4 is 15.5 Å². The van der Waals surface area contributed by atoms with Crippen LogP contribution in [0.3, 0.4) is 0 Å². The number of pyridine rings is 1. The quantitative estimate of drug-likeness (QED) is 0.437. The number of aliphatic imine (C=N–C) groups is 1. The predicted octanol–water partition coefficient (Wildman–Crippen LogP) is 2.81. The standard InChI is InChI=1S/C21H29FN6/c1-23-21(26-13-5-4-12-25-20-6-2-3-11-24-20)28-16-14-27(15-17-28)19-9-7-18(22)8-10-19/h2-3,6-11H,4-5,12-17H2,1H3,(H,23,26)(H,24,25). The lowest BCUT2D eigenvalue weighted by atomic mass is 10.2. The van der Waals surface area contributed by atoms with E-state index in [4.69, 9.17) is 0 Å². The fourth-order valence-corrected chi connectivity index (χ4v) is 3.29. The minimum Gasteiger partial charge on any atom is -0.370 e. The average molecular weight is 385 g/mol. The zero-order valence-corrected chi connectivity index (χ0v) is 16.4. The molecule has 7 heteroatoms. The lowest BCUT2D eigenvalue weighted by molar-refractivity contribution is 0.372. The molecule has 2 heterocycles. The number of anilines is 2. The molecule has 150 valence electrons. The van der Waals surface area contributed by atoms with Crippen LogP contribution in [0.15, 0.2) is 53.7 Å². The summed E-state index contributed by atoms with van der Waals surface area (Å²) >= 11 is 0. The first-order valence-corrected chi connectivity index (χ1v) is 9.87. The van der Waals surface area contributed by atoms with Gasteiger partial charge in [0.15, 0.2) is 5.96 Å². The molecule has 1 aromatic carbocycles. The number of hydrogen-bond donors (Lipinski definition) is 2. The van der Waals surface area contributed by atoms with E-state index >= 15 is 0 Å². The molecule has 1 fully saturated rings. The van der Waals surface area contributed by atoms with Gasteiger partial charge in [0.05, 0.1) is 0 Å². The molecule has 6 nitrogen and oxygen atoms in total. The number of aromatic nitrogens is 1. The molecule has 0 atom stereocenters. The second-order valence-electron chi connectivity index (χ2n) is 6.77. The number of benzene rings is 1. The highest BCUT2D eigenvalue weighted by Crippen LogP contribution is 2.16. The van der Waals surface area contributed by atoms with Gasteiger partial charge in [-0.2, -0.15) is 0 Å². The topological polar surface area (TPSA) is 55.8 Å². The Labute approximate surface area is 166 Å². The van der Waals surface area contributed by atoms with E-state index in [1.54, 1.807) is 6.20 Å². The average Bonchev–Trinajstić information content (AvgIpc) is 2.75. The maximum absolute atomic E-state index is 13.1.